The number of sulfonamides is 1. The van der Waals surface area contributed by atoms with Crippen LogP contribution in [0.2, 0.25) is 0 Å². The van der Waals surface area contributed by atoms with Gasteiger partial charge < -0.3 is 0 Å². The molecule has 0 saturated carbocycles. The third-order valence-electron chi connectivity index (χ3n) is 6.03. The van der Waals surface area contributed by atoms with Gasteiger partial charge in [-0.05, 0) is 48.2 Å². The Kier molecular flexibility index (Phi) is 6.43. The molecule has 0 spiro atoms. The maximum Gasteiger partial charge on any atom is 0.264 e. The fourth-order valence-electron chi connectivity index (χ4n) is 4.28. The van der Waals surface area contributed by atoms with Crippen LogP contribution in [0, 0.1) is 0 Å². The highest BCUT2D eigenvalue weighted by atomic mass is 32.2. The van der Waals surface area contributed by atoms with Gasteiger partial charge in [0.25, 0.3) is 15.9 Å². The van der Waals surface area contributed by atoms with E-state index in [1.165, 1.54) is 15.9 Å². The van der Waals surface area contributed by atoms with Gasteiger partial charge in [-0.25, -0.2) is 8.42 Å². The quantitative estimate of drug-likeness (QED) is 0.518. The Labute approximate surface area is 204 Å². The highest BCUT2D eigenvalue weighted by Gasteiger charge is 2.32. The molecule has 1 fully saturated rings. The van der Waals surface area contributed by atoms with Crippen LogP contribution in [0.1, 0.15) is 21.5 Å². The van der Waals surface area contributed by atoms with Crippen LogP contribution in [0.25, 0.3) is 0 Å². The van der Waals surface area contributed by atoms with Crippen LogP contribution in [0.3, 0.4) is 0 Å². The Morgan fingerprint density at radius 2 is 1.74 bits per heavy atom. The molecule has 2 heterocycles. The van der Waals surface area contributed by atoms with Crippen molar-refractivity contribution in [2.45, 2.75) is 17.7 Å². The number of fused-ring (bicyclic) bond motifs is 1. The molecule has 0 unspecified atom stereocenters. The number of nitrogens with zero attached hydrogens (tertiary/aromatic N) is 3. The van der Waals surface area contributed by atoms with Crippen molar-refractivity contribution in [3.8, 4) is 0 Å². The van der Waals surface area contributed by atoms with Gasteiger partial charge in [0.15, 0.2) is 5.17 Å². The summed E-state index contributed by atoms with van der Waals surface area (Å²) in [6, 6.07) is 24.0. The Morgan fingerprint density at radius 1 is 0.941 bits per heavy atom. The number of hydrogen-bond acceptors (Lipinski definition) is 5. The number of anilines is 1. The van der Waals surface area contributed by atoms with Gasteiger partial charge in [0, 0.05) is 31.0 Å². The SMILES string of the molecule is O=C(c1cccc(S(=O)(=O)N2CCc3ccccc32)c1)N1CCSC1=NCCc1ccccc1. The first-order chi connectivity index (χ1) is 16.5. The van der Waals surface area contributed by atoms with Crippen LogP contribution in [0.4, 0.5) is 5.69 Å². The zero-order valence-corrected chi connectivity index (χ0v) is 20.3. The van der Waals surface area contributed by atoms with Gasteiger partial charge >= 0.3 is 0 Å². The molecule has 0 N–H and O–H groups in total. The minimum atomic E-state index is -3.76. The first kappa shape index (κ1) is 22.7. The van der Waals surface area contributed by atoms with Crippen molar-refractivity contribution < 1.29 is 13.2 Å². The second-order valence-corrected chi connectivity index (χ2v) is 11.1. The van der Waals surface area contributed by atoms with E-state index >= 15 is 0 Å². The molecule has 2 aliphatic heterocycles. The lowest BCUT2D eigenvalue weighted by molar-refractivity contribution is 0.0859. The molecule has 34 heavy (non-hydrogen) atoms. The number of amidine groups is 1. The predicted octanol–water partition coefficient (Wildman–Crippen LogP) is 4.23. The van der Waals surface area contributed by atoms with Gasteiger partial charge in [0.2, 0.25) is 0 Å². The average Bonchev–Trinajstić information content (AvgIpc) is 3.52. The monoisotopic (exact) mass is 491 g/mol. The van der Waals surface area contributed by atoms with E-state index in [4.69, 9.17) is 0 Å². The second-order valence-electron chi connectivity index (χ2n) is 8.19. The largest absolute Gasteiger partial charge is 0.287 e. The smallest absolute Gasteiger partial charge is 0.264 e. The summed E-state index contributed by atoms with van der Waals surface area (Å²) >= 11 is 1.56. The molecule has 3 aromatic rings. The maximum absolute atomic E-state index is 13.4. The molecule has 1 saturated heterocycles. The van der Waals surface area contributed by atoms with Crippen LogP contribution in [0.5, 0.6) is 0 Å². The van der Waals surface area contributed by atoms with Gasteiger partial charge in [0.05, 0.1) is 10.6 Å². The summed E-state index contributed by atoms with van der Waals surface area (Å²) in [4.78, 5) is 19.8. The number of hydrogen-bond donors (Lipinski definition) is 0. The molecule has 0 bridgehead atoms. The number of benzene rings is 3. The zero-order chi connectivity index (χ0) is 23.5. The van der Waals surface area contributed by atoms with Crippen LogP contribution in [0.15, 0.2) is 88.8 Å². The molecule has 3 aromatic carbocycles. The summed E-state index contributed by atoms with van der Waals surface area (Å²) in [7, 11) is -3.76. The third kappa shape index (κ3) is 4.48. The Morgan fingerprint density at radius 3 is 2.59 bits per heavy atom. The summed E-state index contributed by atoms with van der Waals surface area (Å²) in [5.41, 5.74) is 3.28. The van der Waals surface area contributed by atoms with E-state index in [0.717, 1.165) is 17.7 Å². The van der Waals surface area contributed by atoms with Crippen molar-refractivity contribution in [1.82, 2.24) is 4.90 Å². The Bertz CT molecular complexity index is 1340. The molecule has 0 radical (unpaired) electrons. The van der Waals surface area contributed by atoms with Gasteiger partial charge in [-0.2, -0.15) is 0 Å². The average molecular weight is 492 g/mol. The summed E-state index contributed by atoms with van der Waals surface area (Å²) in [6.07, 6.45) is 1.49. The van der Waals surface area contributed by atoms with Crippen molar-refractivity contribution in [1.29, 1.82) is 0 Å². The molecule has 2 aliphatic rings. The highest BCUT2D eigenvalue weighted by molar-refractivity contribution is 8.14. The lowest BCUT2D eigenvalue weighted by Gasteiger charge is -2.20. The molecule has 0 aromatic heterocycles. The van der Waals surface area contributed by atoms with Crippen LogP contribution >= 0.6 is 11.8 Å². The van der Waals surface area contributed by atoms with Crippen molar-refractivity contribution in [3.05, 3.63) is 95.6 Å². The number of para-hydroxylation sites is 1. The minimum absolute atomic E-state index is 0.129. The normalized spacial score (nSPS) is 16.8. The summed E-state index contributed by atoms with van der Waals surface area (Å²) in [6.45, 7) is 1.56. The number of carbonyl (C=O) groups is 1. The van der Waals surface area contributed by atoms with E-state index in [9.17, 15) is 13.2 Å². The summed E-state index contributed by atoms with van der Waals surface area (Å²) in [5.74, 6) is 0.556. The Balaban J connectivity index is 1.34. The molecule has 6 nitrogen and oxygen atoms in total. The van der Waals surface area contributed by atoms with Gasteiger partial charge in [-0.3, -0.25) is 19.0 Å². The summed E-state index contributed by atoms with van der Waals surface area (Å²) < 4.78 is 28.3. The van der Waals surface area contributed by atoms with Crippen molar-refractivity contribution >= 4 is 38.5 Å². The van der Waals surface area contributed by atoms with Gasteiger partial charge in [-0.1, -0.05) is 66.4 Å². The molecule has 0 atom stereocenters. The van der Waals surface area contributed by atoms with Gasteiger partial charge in [-0.15, -0.1) is 0 Å². The molecule has 174 valence electrons. The standard InChI is InChI=1S/C26H25N3O3S2/c30-25(28-17-18-33-26(28)27-15-13-20-7-2-1-3-8-20)22-10-6-11-23(19-22)34(31,32)29-16-14-21-9-4-5-12-24(21)29/h1-12,19H,13-18H2. The van der Waals surface area contributed by atoms with E-state index in [-0.39, 0.29) is 10.8 Å². The summed E-state index contributed by atoms with van der Waals surface area (Å²) in [5, 5.41) is 0.697. The van der Waals surface area contributed by atoms with E-state index < -0.39 is 10.0 Å². The van der Waals surface area contributed by atoms with E-state index in [2.05, 4.69) is 17.1 Å². The first-order valence-corrected chi connectivity index (χ1v) is 13.7. The molecule has 8 heteroatoms. The van der Waals surface area contributed by atoms with Gasteiger partial charge in [0.1, 0.15) is 0 Å². The molecule has 1 amide bonds. The van der Waals surface area contributed by atoms with Crippen molar-refractivity contribution in [3.63, 3.8) is 0 Å². The molecular weight excluding hydrogens is 466 g/mol. The van der Waals surface area contributed by atoms with Crippen molar-refractivity contribution in [2.24, 2.45) is 4.99 Å². The molecular formula is C26H25N3O3S2. The van der Waals surface area contributed by atoms with E-state index in [1.807, 2.05) is 42.5 Å². The fourth-order valence-corrected chi connectivity index (χ4v) is 6.80. The second kappa shape index (κ2) is 9.64. The van der Waals surface area contributed by atoms with E-state index in [0.29, 0.717) is 42.5 Å². The topological polar surface area (TPSA) is 70.1 Å². The maximum atomic E-state index is 13.4. The number of thioether (sulfide) groups is 1. The lowest BCUT2D eigenvalue weighted by Crippen LogP contribution is -2.33. The molecule has 5 rings (SSSR count). The van der Waals surface area contributed by atoms with Crippen LogP contribution < -0.4 is 4.31 Å². The van der Waals surface area contributed by atoms with Crippen LogP contribution in [-0.4, -0.2) is 49.8 Å². The fraction of sp³-hybridized carbons (Fsp3) is 0.231. The van der Waals surface area contributed by atoms with Crippen LogP contribution in [-0.2, 0) is 22.9 Å². The minimum Gasteiger partial charge on any atom is -0.287 e. The zero-order valence-electron chi connectivity index (χ0n) is 18.6. The first-order valence-electron chi connectivity index (χ1n) is 11.3. The number of carbonyl (C=O) groups excluding carboxylic acids is 1. The lowest BCUT2D eigenvalue weighted by atomic mass is 10.2. The Hall–Kier alpha value is -3.10. The number of aliphatic imine (C=N–C) groups is 1. The highest BCUT2D eigenvalue weighted by Crippen LogP contribution is 2.33. The van der Waals surface area contributed by atoms with E-state index in [1.54, 1.807) is 34.9 Å². The number of rotatable bonds is 6. The molecule has 0 aliphatic carbocycles. The predicted molar refractivity (Wildman–Crippen MR) is 137 cm³/mol. The van der Waals surface area contributed by atoms with Crippen molar-refractivity contribution in [2.75, 3.05) is 29.7 Å². The number of amides is 1. The third-order valence-corrected chi connectivity index (χ3v) is 8.83.